The highest BCUT2D eigenvalue weighted by Gasteiger charge is 2.10. The molecule has 0 atom stereocenters. The van der Waals surface area contributed by atoms with E-state index >= 15 is 0 Å². The van der Waals surface area contributed by atoms with Crippen LogP contribution in [0.2, 0.25) is 0 Å². The van der Waals surface area contributed by atoms with E-state index in [0.29, 0.717) is 0 Å². The lowest BCUT2D eigenvalue weighted by Crippen LogP contribution is -1.95. The maximum absolute atomic E-state index is 4.30. The Hall–Kier alpha value is -9.09. The number of benzene rings is 3. The molecule has 0 unspecified atom stereocenters. The molecule has 0 N–H and O–H groups in total. The lowest BCUT2D eigenvalue weighted by molar-refractivity contribution is 0.888. The average molecular weight is 1340 g/mol. The van der Waals surface area contributed by atoms with Crippen LogP contribution in [0.5, 0.6) is 0 Å². The molecule has 0 saturated carbocycles. The molecule has 11 aromatic heterocycles. The van der Waals surface area contributed by atoms with Crippen LogP contribution >= 0.6 is 0 Å². The first kappa shape index (κ1) is 87.9. The van der Waals surface area contributed by atoms with E-state index in [0.717, 1.165) is 17.0 Å². The third kappa shape index (κ3) is 22.2. The van der Waals surface area contributed by atoms with E-state index in [-0.39, 0.29) is 0 Å². The summed E-state index contributed by atoms with van der Waals surface area (Å²) in [5, 5.41) is 11.9. The van der Waals surface area contributed by atoms with Crippen LogP contribution in [0.15, 0.2) is 147 Å². The van der Waals surface area contributed by atoms with Gasteiger partial charge in [0, 0.05) is 174 Å². The standard InChI is InChI=1S/C13H14.C11H13N.5C10H12N2.7C2H6/c1-9-7-8-12-6-4-5-10(2)13(12)11(9)3;1-8-5-4-6-10-7-12(3)9(2)11(8)10;1-7-4-11-5-9-6-12(3)8(2)10(7)9;1-7-4-10-6-11-5-8(2)12(10)9(7)3;1-7-10-8(2)12(3)6-9(10)4-5-11-7;1-7-6-10-4-5-11-9(3)12(10)8(7)2;1-7-4-5-11-9-6-12(3)8(2)10(7)9;7*1-2/h4-8H,1-3H3;4-7H,1-3H3;5*4-6H,1-3H3;7*1-2H3. The van der Waals surface area contributed by atoms with Gasteiger partial charge in [0.05, 0.1) is 17.2 Å². The van der Waals surface area contributed by atoms with E-state index in [4.69, 9.17) is 0 Å². The first-order valence-corrected chi connectivity index (χ1v) is 36.3. The SMILES string of the molecule is CC.CC.CC.CC.CC.CC.CC.Cc1cc2ccnc(C)n2c1C.Cc1cc2cncc(C)n2c1C.Cc1ccc2cccc(C)c2c1C.Cc1cccc2cn(C)c(C)c12.Cc1ccnc2cn(C)c(C)c12.Cc1cncc2cn(C)c(C)c12.Cc1nccc2cn(C)c(C)c12. The smallest absolute Gasteiger partial charge is 0.110 e. The van der Waals surface area contributed by atoms with Crippen LogP contribution in [-0.2, 0) is 28.2 Å². The summed E-state index contributed by atoms with van der Waals surface area (Å²) < 4.78 is 13.0. The molecule has 11 nitrogen and oxygen atoms in total. The number of rotatable bonds is 0. The van der Waals surface area contributed by atoms with Gasteiger partial charge in [-0.2, -0.15) is 0 Å². The van der Waals surface area contributed by atoms with Gasteiger partial charge < -0.3 is 27.1 Å². The fraction of sp³-hybridized carbons (Fsp3) is 0.398. The number of hydrogen-bond donors (Lipinski definition) is 0. The predicted octanol–water partition coefficient (Wildman–Crippen LogP) is 24.8. The van der Waals surface area contributed by atoms with Crippen molar-refractivity contribution in [1.29, 1.82) is 0 Å². The first-order valence-electron chi connectivity index (χ1n) is 36.3. The molecule has 0 aliphatic carbocycles. The summed E-state index contributed by atoms with van der Waals surface area (Å²) in [5.41, 5.74) is 24.4. The van der Waals surface area contributed by atoms with Gasteiger partial charge in [0.1, 0.15) is 5.82 Å². The highest BCUT2D eigenvalue weighted by atomic mass is 15.0. The molecule has 3 aromatic carbocycles. The lowest BCUT2D eigenvalue weighted by atomic mass is 9.97. The van der Waals surface area contributed by atoms with Gasteiger partial charge in [0.25, 0.3) is 0 Å². The number of nitrogens with zero attached hydrogens (tertiary/aromatic N) is 11. The van der Waals surface area contributed by atoms with E-state index < -0.39 is 0 Å². The maximum Gasteiger partial charge on any atom is 0.110 e. The second kappa shape index (κ2) is 44.0. The molecule has 0 amide bonds. The Morgan fingerprint density at radius 2 is 0.717 bits per heavy atom. The van der Waals surface area contributed by atoms with Crippen LogP contribution in [0.3, 0.4) is 0 Å². The van der Waals surface area contributed by atoms with Crippen molar-refractivity contribution < 1.29 is 0 Å². The second-order valence-electron chi connectivity index (χ2n) is 23.1. The van der Waals surface area contributed by atoms with Crippen molar-refractivity contribution in [3.8, 4) is 0 Å². The quantitative estimate of drug-likeness (QED) is 0.151. The van der Waals surface area contributed by atoms with Crippen LogP contribution in [0.25, 0.3) is 65.0 Å². The highest BCUT2D eigenvalue weighted by Crippen LogP contribution is 2.27. The highest BCUT2D eigenvalue weighted by molar-refractivity contribution is 5.91. The summed E-state index contributed by atoms with van der Waals surface area (Å²) in [7, 11) is 8.27. The van der Waals surface area contributed by atoms with Crippen molar-refractivity contribution in [2.45, 2.75) is 215 Å². The van der Waals surface area contributed by atoms with Crippen LogP contribution < -0.4 is 0 Å². The van der Waals surface area contributed by atoms with Gasteiger partial charge in [-0.15, -0.1) is 0 Å². The van der Waals surface area contributed by atoms with Crippen molar-refractivity contribution >= 4 is 65.0 Å². The Morgan fingerprint density at radius 3 is 1.23 bits per heavy atom. The Bertz CT molecular complexity index is 4030. The molecule has 0 aliphatic heterocycles. The molecule has 0 radical (unpaired) electrons. The van der Waals surface area contributed by atoms with E-state index in [2.05, 4.69) is 289 Å². The Kier molecular flexibility index (Phi) is 39.1. The summed E-state index contributed by atoms with van der Waals surface area (Å²) in [6.45, 7) is 64.1. The van der Waals surface area contributed by atoms with E-state index in [9.17, 15) is 0 Å². The zero-order chi connectivity index (χ0) is 75.7. The van der Waals surface area contributed by atoms with E-state index in [1.165, 1.54) is 144 Å². The number of pyridine rings is 3. The van der Waals surface area contributed by atoms with Crippen LogP contribution in [0.4, 0.5) is 0 Å². The Morgan fingerprint density at radius 1 is 0.283 bits per heavy atom. The van der Waals surface area contributed by atoms with Crippen molar-refractivity contribution in [1.82, 2.24) is 52.0 Å². The number of aromatic nitrogens is 11. The van der Waals surface area contributed by atoms with Gasteiger partial charge in [-0.05, 0) is 209 Å². The van der Waals surface area contributed by atoms with Crippen LogP contribution in [0, 0.1) is 118 Å². The molecule has 11 heterocycles. The Balaban J connectivity index is 0.000000560. The maximum atomic E-state index is 4.30. The zero-order valence-electron chi connectivity index (χ0n) is 68.3. The summed E-state index contributed by atoms with van der Waals surface area (Å²) in [4.78, 5) is 21.1. The van der Waals surface area contributed by atoms with E-state index in [1.54, 1.807) is 0 Å². The third-order valence-corrected chi connectivity index (χ3v) is 17.2. The van der Waals surface area contributed by atoms with Gasteiger partial charge in [0.2, 0.25) is 0 Å². The fourth-order valence-corrected chi connectivity index (χ4v) is 11.8. The number of aryl methyl sites for hydroxylation is 21. The molecular formula is C88H129N11. The molecule has 0 spiro atoms. The molecular weight excluding hydrogens is 1210 g/mol. The average Bonchev–Trinajstić information content (AvgIpc) is 1.29. The van der Waals surface area contributed by atoms with Crippen LogP contribution in [0.1, 0.15) is 193 Å². The summed E-state index contributed by atoms with van der Waals surface area (Å²) in [5.74, 6) is 1.05. The molecule has 0 saturated heterocycles. The normalized spacial score (nSPS) is 9.77. The predicted molar refractivity (Wildman–Crippen MR) is 439 cm³/mol. The fourth-order valence-electron chi connectivity index (χ4n) is 11.8. The summed E-state index contributed by atoms with van der Waals surface area (Å²) >= 11 is 0. The molecule has 0 fully saturated rings. The molecule has 14 aromatic rings. The molecule has 0 aliphatic rings. The number of fused-ring (bicyclic) bond motifs is 7. The lowest BCUT2D eigenvalue weighted by Gasteiger charge is -2.07. The molecule has 11 heteroatoms. The van der Waals surface area contributed by atoms with Gasteiger partial charge in [-0.1, -0.05) is 145 Å². The second-order valence-corrected chi connectivity index (χ2v) is 23.1. The topological polar surface area (TPSA) is 93.0 Å². The third-order valence-electron chi connectivity index (χ3n) is 17.2. The van der Waals surface area contributed by atoms with Crippen molar-refractivity contribution in [3.05, 3.63) is 243 Å². The van der Waals surface area contributed by atoms with Crippen molar-refractivity contribution in [2.75, 3.05) is 0 Å². The first-order chi connectivity index (χ1) is 47.4. The number of hydrogen-bond acceptors (Lipinski definition) is 5. The molecule has 536 valence electrons. The van der Waals surface area contributed by atoms with Crippen molar-refractivity contribution in [2.24, 2.45) is 28.2 Å². The summed E-state index contributed by atoms with van der Waals surface area (Å²) in [6, 6.07) is 27.8. The minimum atomic E-state index is 1.05. The van der Waals surface area contributed by atoms with Crippen LogP contribution in [-0.4, -0.2) is 52.0 Å². The summed E-state index contributed by atoms with van der Waals surface area (Å²) in [6.07, 6.45) is 21.7. The van der Waals surface area contributed by atoms with E-state index in [1.807, 2.05) is 153 Å². The largest absolute Gasteiger partial charge is 0.353 e. The van der Waals surface area contributed by atoms with Crippen molar-refractivity contribution in [3.63, 3.8) is 0 Å². The monoisotopic (exact) mass is 1340 g/mol. The molecule has 14 rings (SSSR count). The zero-order valence-corrected chi connectivity index (χ0v) is 68.3. The minimum Gasteiger partial charge on any atom is -0.353 e. The molecule has 0 bridgehead atoms. The van der Waals surface area contributed by atoms with Gasteiger partial charge in [-0.3, -0.25) is 19.9 Å². The van der Waals surface area contributed by atoms with Gasteiger partial charge in [0.15, 0.2) is 0 Å². The minimum absolute atomic E-state index is 1.05. The van der Waals surface area contributed by atoms with Gasteiger partial charge >= 0.3 is 0 Å². The molecule has 99 heavy (non-hydrogen) atoms. The van der Waals surface area contributed by atoms with Gasteiger partial charge in [-0.25, -0.2) is 4.98 Å². The Labute approximate surface area is 599 Å².